The molecule has 1 aromatic heterocycles. The maximum atomic E-state index is 13.1. The summed E-state index contributed by atoms with van der Waals surface area (Å²) in [5.41, 5.74) is 0.996. The molecule has 5 rings (SSSR count). The van der Waals surface area contributed by atoms with E-state index in [0.717, 1.165) is 55.4 Å². The van der Waals surface area contributed by atoms with Crippen molar-refractivity contribution in [2.24, 2.45) is 0 Å². The summed E-state index contributed by atoms with van der Waals surface area (Å²) in [6, 6.07) is 11.7. The number of β-amino-alcohol motifs (C(OH)–C–C–N with tert-alkyl or cyclic N) is 1. The van der Waals surface area contributed by atoms with Crippen LogP contribution in [0.1, 0.15) is 27.3 Å². The number of carbonyl (C=O) groups excluding carboxylic acids is 1. The number of benzene rings is 2. The molecule has 1 fully saturated rings. The Morgan fingerprint density at radius 2 is 1.86 bits per heavy atom. The van der Waals surface area contributed by atoms with Crippen LogP contribution in [-0.4, -0.2) is 70.7 Å². The van der Waals surface area contributed by atoms with Crippen LogP contribution in [0.2, 0.25) is 0 Å². The SMILES string of the molecule is Cc1nc(NC2SC=CN2c2cc(C(=O)Nc3cccc(C(F)(F)F)c3)ccc2C)cc(N2CCN(CCO)CC2)n1. The number of hydrogen-bond acceptors (Lipinski definition) is 9. The molecule has 0 aliphatic carbocycles. The number of hydrogen-bond donors (Lipinski definition) is 3. The number of nitrogens with one attached hydrogen (secondary N) is 2. The fourth-order valence-corrected chi connectivity index (χ4v) is 5.74. The number of aryl methyl sites for hydroxylation is 2. The first-order valence-corrected chi connectivity index (χ1v) is 14.4. The molecule has 42 heavy (non-hydrogen) atoms. The van der Waals surface area contributed by atoms with E-state index in [2.05, 4.69) is 30.4 Å². The third-order valence-corrected chi connectivity index (χ3v) is 7.97. The van der Waals surface area contributed by atoms with Gasteiger partial charge in [0, 0.05) is 61.9 Å². The van der Waals surface area contributed by atoms with Gasteiger partial charge in [-0.1, -0.05) is 23.9 Å². The first-order chi connectivity index (χ1) is 20.1. The molecule has 2 aliphatic heterocycles. The number of halogens is 3. The zero-order valence-corrected chi connectivity index (χ0v) is 24.0. The molecular formula is C29H32F3N7O2S. The molecule has 9 nitrogen and oxygen atoms in total. The lowest BCUT2D eigenvalue weighted by atomic mass is 10.1. The first kappa shape index (κ1) is 29.7. The molecule has 1 saturated heterocycles. The molecule has 0 radical (unpaired) electrons. The van der Waals surface area contributed by atoms with E-state index in [-0.39, 0.29) is 17.8 Å². The molecule has 1 unspecified atom stereocenters. The lowest BCUT2D eigenvalue weighted by Gasteiger charge is -2.35. The van der Waals surface area contributed by atoms with Gasteiger partial charge < -0.3 is 25.5 Å². The third kappa shape index (κ3) is 6.97. The number of amides is 1. The smallest absolute Gasteiger partial charge is 0.395 e. The summed E-state index contributed by atoms with van der Waals surface area (Å²) >= 11 is 1.55. The fourth-order valence-electron chi connectivity index (χ4n) is 4.89. The molecule has 0 saturated carbocycles. The summed E-state index contributed by atoms with van der Waals surface area (Å²) in [5, 5.41) is 17.2. The van der Waals surface area contributed by atoms with E-state index in [1.165, 1.54) is 12.1 Å². The van der Waals surface area contributed by atoms with Crippen molar-refractivity contribution in [3.05, 3.63) is 82.7 Å². The minimum absolute atomic E-state index is 0.0675. The highest BCUT2D eigenvalue weighted by molar-refractivity contribution is 8.03. The van der Waals surface area contributed by atoms with Crippen molar-refractivity contribution in [1.29, 1.82) is 0 Å². The second-order valence-corrected chi connectivity index (χ2v) is 11.1. The normalized spacial score (nSPS) is 17.5. The molecule has 0 bridgehead atoms. The van der Waals surface area contributed by atoms with Crippen LogP contribution < -0.4 is 20.4 Å². The standard InChI is InChI=1S/C29H32F3N7O2S/c1-19-6-7-21(27(41)35-23-5-3-4-22(17-23)29(30,31)32)16-24(19)39-13-15-42-28(39)36-25-18-26(34-20(2)33-25)38-10-8-37(9-11-38)12-14-40/h3-7,13,15-18,28,40H,8-12,14H2,1-2H3,(H,35,41)(H,33,34,36). The van der Waals surface area contributed by atoms with Crippen LogP contribution in [0, 0.1) is 13.8 Å². The Bertz CT molecular complexity index is 1460. The van der Waals surface area contributed by atoms with Crippen molar-refractivity contribution in [2.45, 2.75) is 25.5 Å². The van der Waals surface area contributed by atoms with Gasteiger partial charge in [0.05, 0.1) is 12.2 Å². The van der Waals surface area contributed by atoms with Crippen LogP contribution in [0.4, 0.5) is 36.2 Å². The highest BCUT2D eigenvalue weighted by atomic mass is 32.2. The van der Waals surface area contributed by atoms with Gasteiger partial charge in [0.15, 0.2) is 5.50 Å². The van der Waals surface area contributed by atoms with E-state index in [1.54, 1.807) is 23.9 Å². The maximum Gasteiger partial charge on any atom is 0.416 e. The number of carbonyl (C=O) groups is 1. The minimum Gasteiger partial charge on any atom is -0.395 e. The van der Waals surface area contributed by atoms with E-state index in [1.807, 2.05) is 42.5 Å². The van der Waals surface area contributed by atoms with Gasteiger partial charge in [-0.15, -0.1) is 0 Å². The Morgan fingerprint density at radius 3 is 2.60 bits per heavy atom. The van der Waals surface area contributed by atoms with Gasteiger partial charge in [0.1, 0.15) is 17.5 Å². The second kappa shape index (κ2) is 12.6. The Kier molecular flexibility index (Phi) is 8.90. The van der Waals surface area contributed by atoms with Gasteiger partial charge in [-0.05, 0) is 55.2 Å². The number of anilines is 4. The Hall–Kier alpha value is -3.81. The molecule has 2 aromatic carbocycles. The summed E-state index contributed by atoms with van der Waals surface area (Å²) in [6.07, 6.45) is -2.59. The number of alkyl halides is 3. The van der Waals surface area contributed by atoms with Crippen molar-refractivity contribution in [2.75, 3.05) is 59.8 Å². The minimum atomic E-state index is -4.50. The number of aromatic nitrogens is 2. The van der Waals surface area contributed by atoms with E-state index < -0.39 is 17.6 Å². The fraction of sp³-hybridized carbons (Fsp3) is 0.345. The van der Waals surface area contributed by atoms with Gasteiger partial charge in [0.25, 0.3) is 5.91 Å². The van der Waals surface area contributed by atoms with E-state index in [9.17, 15) is 23.1 Å². The number of rotatable bonds is 8. The van der Waals surface area contributed by atoms with Gasteiger partial charge in [0.2, 0.25) is 0 Å². The largest absolute Gasteiger partial charge is 0.416 e. The van der Waals surface area contributed by atoms with E-state index in [0.29, 0.717) is 23.8 Å². The second-order valence-electron chi connectivity index (χ2n) is 10.1. The zero-order valence-electron chi connectivity index (χ0n) is 23.2. The van der Waals surface area contributed by atoms with Crippen molar-refractivity contribution in [3.8, 4) is 0 Å². The van der Waals surface area contributed by atoms with Crippen LogP contribution >= 0.6 is 11.8 Å². The molecule has 222 valence electrons. The topological polar surface area (TPSA) is 96.9 Å². The van der Waals surface area contributed by atoms with Crippen LogP contribution in [0.15, 0.2) is 60.1 Å². The molecule has 3 aromatic rings. The van der Waals surface area contributed by atoms with Crippen LogP contribution in [0.25, 0.3) is 0 Å². The Labute approximate surface area is 246 Å². The van der Waals surface area contributed by atoms with Crippen molar-refractivity contribution in [3.63, 3.8) is 0 Å². The number of piperazine rings is 1. The van der Waals surface area contributed by atoms with Gasteiger partial charge in [-0.3, -0.25) is 9.69 Å². The monoisotopic (exact) mass is 599 g/mol. The number of nitrogens with zero attached hydrogens (tertiary/aromatic N) is 5. The lowest BCUT2D eigenvalue weighted by Crippen LogP contribution is -2.47. The van der Waals surface area contributed by atoms with E-state index >= 15 is 0 Å². The number of aliphatic hydroxyl groups excluding tert-OH is 1. The molecule has 3 heterocycles. The molecule has 1 atom stereocenters. The van der Waals surface area contributed by atoms with Crippen molar-refractivity contribution < 1.29 is 23.1 Å². The van der Waals surface area contributed by atoms with Crippen molar-refractivity contribution >= 4 is 40.7 Å². The Balaban J connectivity index is 1.31. The molecule has 2 aliphatic rings. The summed E-state index contributed by atoms with van der Waals surface area (Å²) in [4.78, 5) is 28.7. The quantitative estimate of drug-likeness (QED) is 0.334. The Morgan fingerprint density at radius 1 is 1.07 bits per heavy atom. The predicted molar refractivity (Wildman–Crippen MR) is 160 cm³/mol. The summed E-state index contributed by atoms with van der Waals surface area (Å²) in [5.74, 6) is 1.63. The highest BCUT2D eigenvalue weighted by Crippen LogP contribution is 2.35. The van der Waals surface area contributed by atoms with Gasteiger partial charge in [-0.25, -0.2) is 9.97 Å². The maximum absolute atomic E-state index is 13.1. The molecule has 1 amide bonds. The average molecular weight is 600 g/mol. The lowest BCUT2D eigenvalue weighted by molar-refractivity contribution is -0.137. The van der Waals surface area contributed by atoms with Crippen molar-refractivity contribution in [1.82, 2.24) is 14.9 Å². The zero-order chi connectivity index (χ0) is 29.9. The molecular weight excluding hydrogens is 567 g/mol. The summed E-state index contributed by atoms with van der Waals surface area (Å²) in [6.45, 7) is 7.89. The van der Waals surface area contributed by atoms with Gasteiger partial charge in [-0.2, -0.15) is 13.2 Å². The highest BCUT2D eigenvalue weighted by Gasteiger charge is 2.31. The average Bonchev–Trinajstić information content (AvgIpc) is 3.41. The number of thioether (sulfide) groups is 1. The number of aliphatic hydroxyl groups is 1. The molecule has 13 heteroatoms. The molecule has 3 N–H and O–H groups in total. The summed E-state index contributed by atoms with van der Waals surface area (Å²) < 4.78 is 39.4. The predicted octanol–water partition coefficient (Wildman–Crippen LogP) is 4.90. The van der Waals surface area contributed by atoms with Crippen LogP contribution in [0.5, 0.6) is 0 Å². The van der Waals surface area contributed by atoms with Gasteiger partial charge >= 0.3 is 6.18 Å². The van der Waals surface area contributed by atoms with Crippen LogP contribution in [0.3, 0.4) is 0 Å². The molecule has 0 spiro atoms. The van der Waals surface area contributed by atoms with Crippen LogP contribution in [-0.2, 0) is 6.18 Å². The first-order valence-electron chi connectivity index (χ1n) is 13.5. The summed E-state index contributed by atoms with van der Waals surface area (Å²) in [7, 11) is 0. The third-order valence-electron chi connectivity index (χ3n) is 7.09. The van der Waals surface area contributed by atoms with E-state index in [4.69, 9.17) is 0 Å².